The zero-order valence-electron chi connectivity index (χ0n) is 11.3. The van der Waals surface area contributed by atoms with Crippen LogP contribution in [0.4, 0.5) is 0 Å². The Morgan fingerprint density at radius 3 is 2.86 bits per heavy atom. The molecule has 2 heterocycles. The Balaban J connectivity index is 1.83. The lowest BCUT2D eigenvalue weighted by Crippen LogP contribution is -1.99. The summed E-state index contributed by atoms with van der Waals surface area (Å²) in [6, 6.07) is 7.85. The van der Waals surface area contributed by atoms with Crippen molar-refractivity contribution in [2.24, 2.45) is 0 Å². The third-order valence-electron chi connectivity index (χ3n) is 3.47. The van der Waals surface area contributed by atoms with Crippen LogP contribution in [0, 0.1) is 0 Å². The largest absolute Gasteiger partial charge is 0.481 e. The summed E-state index contributed by atoms with van der Waals surface area (Å²) in [4.78, 5) is 31.5. The molecule has 0 saturated heterocycles. The summed E-state index contributed by atoms with van der Waals surface area (Å²) in [6.45, 7) is 0. The van der Waals surface area contributed by atoms with Crippen molar-refractivity contribution in [3.8, 4) is 0 Å². The van der Waals surface area contributed by atoms with Gasteiger partial charge in [0.2, 0.25) is 0 Å². The Labute approximate surface area is 119 Å². The molecule has 0 bridgehead atoms. The molecule has 6 nitrogen and oxygen atoms in total. The molecule has 0 unspecified atom stereocenters. The number of fused-ring (bicyclic) bond motifs is 2. The molecule has 0 saturated carbocycles. The van der Waals surface area contributed by atoms with Crippen LogP contribution in [0.3, 0.4) is 0 Å². The molecule has 3 aromatic rings. The maximum absolute atomic E-state index is 11.3. The quantitative estimate of drug-likeness (QED) is 0.626. The fourth-order valence-corrected chi connectivity index (χ4v) is 2.44. The second-order valence-corrected chi connectivity index (χ2v) is 5.09. The van der Waals surface area contributed by atoms with E-state index in [1.807, 2.05) is 24.3 Å². The number of benzene rings is 1. The van der Waals surface area contributed by atoms with Crippen molar-refractivity contribution in [2.75, 3.05) is 0 Å². The van der Waals surface area contributed by atoms with Gasteiger partial charge in [0.25, 0.3) is 0 Å². The molecule has 21 heavy (non-hydrogen) atoms. The van der Waals surface area contributed by atoms with Crippen molar-refractivity contribution < 1.29 is 9.90 Å². The van der Waals surface area contributed by atoms with Crippen molar-refractivity contribution in [2.45, 2.75) is 25.7 Å². The van der Waals surface area contributed by atoms with Crippen LogP contribution in [-0.4, -0.2) is 26.0 Å². The van der Waals surface area contributed by atoms with Gasteiger partial charge in [-0.2, -0.15) is 0 Å². The molecule has 2 aromatic heterocycles. The average molecular weight is 285 g/mol. The molecule has 0 spiro atoms. The zero-order valence-corrected chi connectivity index (χ0v) is 11.3. The minimum absolute atomic E-state index is 0.209. The topological polar surface area (TPSA) is 98.8 Å². The third kappa shape index (κ3) is 2.94. The van der Waals surface area contributed by atoms with Gasteiger partial charge in [0.15, 0.2) is 5.65 Å². The Morgan fingerprint density at radius 1 is 1.19 bits per heavy atom. The number of carboxylic acids is 1. The van der Waals surface area contributed by atoms with Crippen molar-refractivity contribution >= 4 is 28.0 Å². The Kier molecular flexibility index (Phi) is 3.43. The van der Waals surface area contributed by atoms with Gasteiger partial charge in [-0.25, -0.2) is 9.78 Å². The molecule has 3 N–H and O–H groups in total. The first kappa shape index (κ1) is 13.4. The number of pyridine rings is 1. The Bertz CT molecular complexity index is 863. The van der Waals surface area contributed by atoms with E-state index in [-0.39, 0.29) is 12.1 Å². The summed E-state index contributed by atoms with van der Waals surface area (Å²) in [6.07, 6.45) is 2.56. The number of rotatable bonds is 5. The van der Waals surface area contributed by atoms with Crippen LogP contribution in [0.25, 0.3) is 22.1 Å². The highest BCUT2D eigenvalue weighted by atomic mass is 16.4. The highest BCUT2D eigenvalue weighted by molar-refractivity contribution is 5.89. The summed E-state index contributed by atoms with van der Waals surface area (Å²) in [5.74, 6) is -0.753. The molecule has 108 valence electrons. The number of carbonyl (C=O) groups is 1. The van der Waals surface area contributed by atoms with E-state index in [9.17, 15) is 9.59 Å². The molecule has 0 aliphatic heterocycles. The lowest BCUT2D eigenvalue weighted by molar-refractivity contribution is -0.137. The van der Waals surface area contributed by atoms with Crippen LogP contribution < -0.4 is 5.69 Å². The second kappa shape index (κ2) is 5.40. The van der Waals surface area contributed by atoms with Crippen molar-refractivity contribution in [1.82, 2.24) is 15.0 Å². The number of H-pyrrole nitrogens is 2. The van der Waals surface area contributed by atoms with Gasteiger partial charge in [0.05, 0.1) is 11.0 Å². The van der Waals surface area contributed by atoms with Gasteiger partial charge in [0.1, 0.15) is 0 Å². The normalized spacial score (nSPS) is 11.2. The summed E-state index contributed by atoms with van der Waals surface area (Å²) < 4.78 is 0. The summed E-state index contributed by atoms with van der Waals surface area (Å²) in [5, 5.41) is 9.58. The molecule has 0 atom stereocenters. The van der Waals surface area contributed by atoms with E-state index in [0.29, 0.717) is 17.6 Å². The van der Waals surface area contributed by atoms with E-state index in [4.69, 9.17) is 5.11 Å². The first-order valence-corrected chi connectivity index (χ1v) is 6.85. The molecular formula is C15H15N3O3. The van der Waals surface area contributed by atoms with Gasteiger partial charge in [-0.15, -0.1) is 0 Å². The lowest BCUT2D eigenvalue weighted by Gasteiger charge is -2.03. The fourth-order valence-electron chi connectivity index (χ4n) is 2.44. The fraction of sp³-hybridized carbons (Fsp3) is 0.267. The molecular weight excluding hydrogens is 270 g/mol. The molecule has 0 radical (unpaired) electrons. The minimum Gasteiger partial charge on any atom is -0.481 e. The maximum atomic E-state index is 11.3. The number of aromatic amines is 2. The van der Waals surface area contributed by atoms with E-state index in [1.54, 1.807) is 0 Å². The van der Waals surface area contributed by atoms with Crippen molar-refractivity contribution in [3.63, 3.8) is 0 Å². The maximum Gasteiger partial charge on any atom is 0.325 e. The van der Waals surface area contributed by atoms with Crippen molar-refractivity contribution in [3.05, 3.63) is 40.3 Å². The van der Waals surface area contributed by atoms with Crippen LogP contribution in [-0.2, 0) is 11.2 Å². The molecule has 3 rings (SSSR count). The number of hydrogen-bond donors (Lipinski definition) is 3. The first-order chi connectivity index (χ1) is 10.1. The van der Waals surface area contributed by atoms with Crippen LogP contribution in [0.15, 0.2) is 29.1 Å². The number of aryl methyl sites for hydroxylation is 1. The number of aliphatic carboxylic acids is 1. The van der Waals surface area contributed by atoms with E-state index in [1.165, 1.54) is 0 Å². The number of imidazole rings is 1. The Hall–Kier alpha value is -2.63. The second-order valence-electron chi connectivity index (χ2n) is 5.09. The molecule has 0 amide bonds. The smallest absolute Gasteiger partial charge is 0.325 e. The number of nitrogens with one attached hydrogen (secondary N) is 2. The van der Waals surface area contributed by atoms with Crippen molar-refractivity contribution in [1.29, 1.82) is 0 Å². The highest BCUT2D eigenvalue weighted by Crippen LogP contribution is 2.19. The van der Waals surface area contributed by atoms with Crippen LogP contribution >= 0.6 is 0 Å². The minimum atomic E-state index is -0.753. The predicted molar refractivity (Wildman–Crippen MR) is 79.4 cm³/mol. The number of hydrogen-bond acceptors (Lipinski definition) is 3. The molecule has 6 heteroatoms. The van der Waals surface area contributed by atoms with Gasteiger partial charge >= 0.3 is 11.7 Å². The molecule has 1 aromatic carbocycles. The number of carboxylic acid groups (broad SMARTS) is 1. The Morgan fingerprint density at radius 2 is 2.05 bits per heavy atom. The van der Waals surface area contributed by atoms with E-state index in [0.717, 1.165) is 29.3 Å². The van der Waals surface area contributed by atoms with Gasteiger partial charge in [0, 0.05) is 11.8 Å². The van der Waals surface area contributed by atoms with Crippen LogP contribution in [0.1, 0.15) is 24.8 Å². The average Bonchev–Trinajstić information content (AvgIpc) is 2.79. The van der Waals surface area contributed by atoms with Crippen LogP contribution in [0.2, 0.25) is 0 Å². The third-order valence-corrected chi connectivity index (χ3v) is 3.47. The van der Waals surface area contributed by atoms with E-state index in [2.05, 4.69) is 15.0 Å². The lowest BCUT2D eigenvalue weighted by atomic mass is 10.0. The van der Waals surface area contributed by atoms with Gasteiger partial charge in [-0.3, -0.25) is 9.78 Å². The first-order valence-electron chi connectivity index (χ1n) is 6.85. The number of unbranched alkanes of at least 4 members (excludes halogenated alkanes) is 1. The van der Waals surface area contributed by atoms with E-state index >= 15 is 0 Å². The molecule has 0 aliphatic rings. The van der Waals surface area contributed by atoms with Gasteiger partial charge < -0.3 is 10.1 Å². The van der Waals surface area contributed by atoms with Gasteiger partial charge in [-0.1, -0.05) is 6.07 Å². The standard InChI is InChI=1S/C15H15N3O3/c19-13(20)4-2-1-3-9-5-6-11-10(7-9)8-12-14(16-11)18-15(21)17-12/h5-8H,1-4H2,(H,19,20)(H2,16,17,18,21). The predicted octanol–water partition coefficient (Wildman–Crippen LogP) is 2.20. The number of nitrogens with zero attached hydrogens (tertiary/aromatic N) is 1. The van der Waals surface area contributed by atoms with Crippen LogP contribution in [0.5, 0.6) is 0 Å². The summed E-state index contributed by atoms with van der Waals surface area (Å²) in [5.41, 5.74) is 2.96. The highest BCUT2D eigenvalue weighted by Gasteiger charge is 2.04. The van der Waals surface area contributed by atoms with E-state index < -0.39 is 5.97 Å². The molecule has 0 fully saturated rings. The summed E-state index contributed by atoms with van der Waals surface area (Å²) >= 11 is 0. The zero-order chi connectivity index (χ0) is 14.8. The number of aromatic nitrogens is 3. The van der Waals surface area contributed by atoms with Gasteiger partial charge in [-0.05, 0) is 43.0 Å². The SMILES string of the molecule is O=C(O)CCCCc1ccc2nc3[nH]c(=O)[nH]c3cc2c1. The monoisotopic (exact) mass is 285 g/mol. The summed E-state index contributed by atoms with van der Waals surface area (Å²) in [7, 11) is 0. The molecule has 0 aliphatic carbocycles.